The van der Waals surface area contributed by atoms with Crippen LogP contribution >= 0.6 is 0 Å². The van der Waals surface area contributed by atoms with Gasteiger partial charge in [-0.3, -0.25) is 15.2 Å². The SMILES string of the molecule is NC1N[C@H]2[C@H](CO)N(O)C(N)N3C[C@@H](S(=O)(=O)O)C(O)(O)[C@]23N1. The molecule has 3 saturated heterocycles. The smallest absolute Gasteiger partial charge is 0.274 e. The van der Waals surface area contributed by atoms with E-state index in [0.29, 0.717) is 5.06 Å². The lowest BCUT2D eigenvalue weighted by Crippen LogP contribution is -2.83. The summed E-state index contributed by atoms with van der Waals surface area (Å²) >= 11 is 0. The van der Waals surface area contributed by atoms with Gasteiger partial charge in [-0.05, 0) is 0 Å². The Bertz CT molecular complexity index is 603. The van der Waals surface area contributed by atoms with Crippen LogP contribution in [0.2, 0.25) is 0 Å². The van der Waals surface area contributed by atoms with Crippen molar-refractivity contribution in [3.63, 3.8) is 0 Å². The minimum atomic E-state index is -4.86. The van der Waals surface area contributed by atoms with Gasteiger partial charge in [0.05, 0.1) is 18.7 Å². The van der Waals surface area contributed by atoms with Crippen molar-refractivity contribution in [3.05, 3.63) is 0 Å². The van der Waals surface area contributed by atoms with E-state index in [2.05, 4.69) is 10.6 Å². The van der Waals surface area contributed by atoms with Gasteiger partial charge in [-0.25, -0.2) is 4.90 Å². The number of hydroxylamine groups is 2. The molecule has 3 aliphatic heterocycles. The van der Waals surface area contributed by atoms with Gasteiger partial charge in [-0.2, -0.15) is 13.5 Å². The van der Waals surface area contributed by atoms with Crippen LogP contribution in [0.25, 0.3) is 0 Å². The van der Waals surface area contributed by atoms with Crippen LogP contribution in [0.4, 0.5) is 0 Å². The van der Waals surface area contributed by atoms with E-state index >= 15 is 0 Å². The van der Waals surface area contributed by atoms with Crippen LogP contribution in [0, 0.1) is 0 Å². The Morgan fingerprint density at radius 2 is 1.91 bits per heavy atom. The Morgan fingerprint density at radius 3 is 2.43 bits per heavy atom. The minimum absolute atomic E-state index is 0.568. The zero-order valence-corrected chi connectivity index (χ0v) is 12.6. The van der Waals surface area contributed by atoms with E-state index in [1.807, 2.05) is 0 Å². The summed E-state index contributed by atoms with van der Waals surface area (Å²) in [5.41, 5.74) is 9.61. The van der Waals surface area contributed by atoms with Crippen molar-refractivity contribution in [2.75, 3.05) is 13.2 Å². The molecule has 14 heteroatoms. The molecule has 0 aromatic heterocycles. The third-order valence-electron chi connectivity index (χ3n) is 4.87. The summed E-state index contributed by atoms with van der Waals surface area (Å²) in [4.78, 5) is 1.07. The second-order valence-electron chi connectivity index (χ2n) is 5.96. The number of nitrogens with two attached hydrogens (primary N) is 2. The van der Waals surface area contributed by atoms with E-state index in [9.17, 15) is 33.5 Å². The average Bonchev–Trinajstić information content (AvgIpc) is 2.87. The maximum atomic E-state index is 11.6. The third-order valence-corrected chi connectivity index (χ3v) is 6.07. The first kappa shape index (κ1) is 17.3. The highest BCUT2D eigenvalue weighted by Gasteiger charge is 2.77. The first-order valence-electron chi connectivity index (χ1n) is 6.79. The molecule has 13 nitrogen and oxygen atoms in total. The highest BCUT2D eigenvalue weighted by atomic mass is 32.2. The fourth-order valence-corrected chi connectivity index (χ4v) is 4.82. The Hall–Kier alpha value is -0.490. The summed E-state index contributed by atoms with van der Waals surface area (Å²) in [6, 6.07) is -2.21. The van der Waals surface area contributed by atoms with Crippen molar-refractivity contribution in [2.45, 2.75) is 41.4 Å². The van der Waals surface area contributed by atoms with E-state index in [4.69, 9.17) is 11.5 Å². The Morgan fingerprint density at radius 1 is 1.30 bits per heavy atom. The highest BCUT2D eigenvalue weighted by molar-refractivity contribution is 7.86. The summed E-state index contributed by atoms with van der Waals surface area (Å²) in [7, 11) is -4.86. The lowest BCUT2D eigenvalue weighted by atomic mass is 9.85. The van der Waals surface area contributed by atoms with Gasteiger partial charge in [0.15, 0.2) is 5.25 Å². The van der Waals surface area contributed by atoms with Gasteiger partial charge in [0.25, 0.3) is 10.1 Å². The average molecular weight is 356 g/mol. The molecular weight excluding hydrogens is 336 g/mol. The molecule has 0 aromatic rings. The summed E-state index contributed by atoms with van der Waals surface area (Å²) in [6.07, 6.45) is -2.39. The molecule has 1 spiro atoms. The van der Waals surface area contributed by atoms with Crippen molar-refractivity contribution in [1.29, 1.82) is 0 Å². The van der Waals surface area contributed by atoms with Crippen LogP contribution in [0.15, 0.2) is 0 Å². The van der Waals surface area contributed by atoms with Gasteiger partial charge in [0, 0.05) is 6.54 Å². The van der Waals surface area contributed by atoms with Gasteiger partial charge < -0.3 is 32.0 Å². The van der Waals surface area contributed by atoms with E-state index in [1.54, 1.807) is 0 Å². The quantitative estimate of drug-likeness (QED) is 0.166. The summed E-state index contributed by atoms with van der Waals surface area (Å²) in [5, 5.41) is 44.6. The van der Waals surface area contributed by atoms with E-state index in [1.165, 1.54) is 0 Å². The summed E-state index contributed by atoms with van der Waals surface area (Å²) in [5.74, 6) is -3.00. The first-order chi connectivity index (χ1) is 10.5. The molecule has 2 unspecified atom stereocenters. The molecule has 0 amide bonds. The summed E-state index contributed by atoms with van der Waals surface area (Å²) < 4.78 is 32.5. The van der Waals surface area contributed by atoms with E-state index in [0.717, 1.165) is 4.90 Å². The number of hydrogen-bond acceptors (Lipinski definition) is 12. The number of nitrogens with one attached hydrogen (secondary N) is 2. The summed E-state index contributed by atoms with van der Waals surface area (Å²) in [6.45, 7) is -1.21. The van der Waals surface area contributed by atoms with Crippen LogP contribution in [0.1, 0.15) is 0 Å². The number of nitrogens with zero attached hydrogens (tertiary/aromatic N) is 2. The Kier molecular flexibility index (Phi) is 3.77. The van der Waals surface area contributed by atoms with Crippen LogP contribution in [0.3, 0.4) is 0 Å². The van der Waals surface area contributed by atoms with Crippen LogP contribution in [-0.2, 0) is 10.1 Å². The molecule has 0 aliphatic carbocycles. The Labute approximate surface area is 131 Å². The molecule has 6 atom stereocenters. The van der Waals surface area contributed by atoms with Gasteiger partial charge >= 0.3 is 0 Å². The maximum Gasteiger partial charge on any atom is 0.274 e. The Balaban J connectivity index is 2.18. The first-order valence-corrected chi connectivity index (χ1v) is 8.29. The molecule has 0 saturated carbocycles. The highest BCUT2D eigenvalue weighted by Crippen LogP contribution is 2.47. The molecule has 3 aliphatic rings. The zero-order chi connectivity index (χ0) is 17.4. The number of aliphatic hydroxyl groups is 3. The van der Waals surface area contributed by atoms with E-state index in [-0.39, 0.29) is 0 Å². The normalized spacial score (nSPS) is 47.5. The third kappa shape index (κ3) is 2.03. The minimum Gasteiger partial charge on any atom is -0.395 e. The van der Waals surface area contributed by atoms with Crippen molar-refractivity contribution >= 4 is 10.1 Å². The topological polar surface area (TPSA) is 218 Å². The zero-order valence-electron chi connectivity index (χ0n) is 11.8. The van der Waals surface area contributed by atoms with Gasteiger partial charge in [0.1, 0.15) is 18.2 Å². The molecule has 0 bridgehead atoms. The second kappa shape index (κ2) is 5.01. The number of rotatable bonds is 2. The molecular formula is C9H20N6O7S. The van der Waals surface area contributed by atoms with Crippen LogP contribution in [0.5, 0.6) is 0 Å². The van der Waals surface area contributed by atoms with Crippen molar-refractivity contribution in [2.24, 2.45) is 11.5 Å². The largest absolute Gasteiger partial charge is 0.395 e. The molecule has 0 radical (unpaired) electrons. The van der Waals surface area contributed by atoms with Crippen molar-refractivity contribution in [1.82, 2.24) is 20.6 Å². The number of hydrogen-bond donors (Lipinski definition) is 9. The van der Waals surface area contributed by atoms with Gasteiger partial charge in [-0.1, -0.05) is 0 Å². The fraction of sp³-hybridized carbons (Fsp3) is 1.00. The van der Waals surface area contributed by atoms with E-state index < -0.39 is 64.6 Å². The second-order valence-corrected chi connectivity index (χ2v) is 7.56. The van der Waals surface area contributed by atoms with Crippen LogP contribution in [-0.4, -0.2) is 98.0 Å². The fourth-order valence-electron chi connectivity index (χ4n) is 3.87. The molecule has 134 valence electrons. The van der Waals surface area contributed by atoms with Gasteiger partial charge in [0.2, 0.25) is 5.79 Å². The predicted molar refractivity (Wildman–Crippen MR) is 72.5 cm³/mol. The van der Waals surface area contributed by atoms with Crippen LogP contribution < -0.4 is 22.1 Å². The predicted octanol–water partition coefficient (Wildman–Crippen LogP) is -5.95. The molecule has 0 aromatic carbocycles. The molecule has 11 N–H and O–H groups in total. The van der Waals surface area contributed by atoms with Crippen molar-refractivity contribution in [3.8, 4) is 0 Å². The number of aliphatic hydroxyl groups excluding tert-OH is 1. The molecule has 3 rings (SSSR count). The standard InChI is InChI=1S/C9H20N6O7S/c10-6-12-5-3(2-16)15(19)7(11)14-1-4(23(20,21)22)9(17,18)8(5,14)13-6/h3-7,12-13,16-19H,1-2,10-11H2,(H,20,21,22)/t3-,4+,5-,6?,7?,8-/m0/s1. The maximum absolute atomic E-state index is 11.6. The lowest BCUT2D eigenvalue weighted by Gasteiger charge is -2.55. The monoisotopic (exact) mass is 356 g/mol. The molecule has 3 fully saturated rings. The van der Waals surface area contributed by atoms with Crippen molar-refractivity contribution < 1.29 is 33.5 Å². The molecule has 3 heterocycles. The van der Waals surface area contributed by atoms with Gasteiger partial charge in [-0.15, -0.1) is 0 Å². The molecule has 23 heavy (non-hydrogen) atoms. The lowest BCUT2D eigenvalue weighted by molar-refractivity contribution is -0.305.